The second-order valence-electron chi connectivity index (χ2n) is 6.73. The van der Waals surface area contributed by atoms with Crippen LogP contribution in [0.3, 0.4) is 0 Å². The van der Waals surface area contributed by atoms with E-state index in [2.05, 4.69) is 58.5 Å². The van der Waals surface area contributed by atoms with Gasteiger partial charge in [0, 0.05) is 0 Å². The molecule has 1 aromatic heterocycles. The highest BCUT2D eigenvalue weighted by atomic mass is 35.5. The third-order valence-corrected chi connectivity index (χ3v) is 4.80. The average Bonchev–Trinajstić information content (AvgIpc) is 2.96. The average molecular weight is 394 g/mol. The number of imidazole rings is 1. The van der Waals surface area contributed by atoms with Crippen molar-refractivity contribution in [2.24, 2.45) is 0 Å². The van der Waals surface area contributed by atoms with Gasteiger partial charge in [-0.2, -0.15) is 0 Å². The van der Waals surface area contributed by atoms with Gasteiger partial charge in [0.2, 0.25) is 0 Å². The minimum Gasteiger partial charge on any atom is -1.00 e. The second kappa shape index (κ2) is 8.81. The van der Waals surface area contributed by atoms with E-state index in [0.717, 1.165) is 29.3 Å². The van der Waals surface area contributed by atoms with E-state index in [-0.39, 0.29) is 12.4 Å². The maximum atomic E-state index is 6.54. The fraction of sp³-hybridized carbons (Fsp3) is 0.174. The number of halogens is 1. The van der Waals surface area contributed by atoms with Crippen molar-refractivity contribution in [1.82, 2.24) is 4.57 Å². The first-order chi connectivity index (χ1) is 13.2. The molecule has 144 valence electrons. The van der Waals surface area contributed by atoms with Crippen LogP contribution in [0.5, 0.6) is 5.75 Å². The first-order valence-corrected chi connectivity index (χ1v) is 9.22. The van der Waals surface area contributed by atoms with Gasteiger partial charge in [-0.05, 0) is 36.8 Å². The van der Waals surface area contributed by atoms with E-state index in [1.807, 2.05) is 36.4 Å². The Bertz CT molecular complexity index is 1040. The molecule has 4 nitrogen and oxygen atoms in total. The van der Waals surface area contributed by atoms with Crippen LogP contribution in [0, 0.1) is 6.92 Å². The first-order valence-electron chi connectivity index (χ1n) is 9.22. The number of aryl methyl sites for hydroxylation is 1. The number of ether oxygens (including phenoxy) is 1. The maximum Gasteiger partial charge on any atom is 0.356 e. The van der Waals surface area contributed by atoms with Crippen molar-refractivity contribution in [2.75, 3.05) is 12.3 Å². The summed E-state index contributed by atoms with van der Waals surface area (Å²) in [5.41, 5.74) is 11.3. The number of benzene rings is 3. The zero-order valence-electron chi connectivity index (χ0n) is 15.9. The number of aromatic nitrogens is 2. The Balaban J connectivity index is 0.00000225. The first kappa shape index (κ1) is 19.8. The minimum absolute atomic E-state index is 0. The van der Waals surface area contributed by atoms with Crippen molar-refractivity contribution >= 4 is 17.0 Å². The van der Waals surface area contributed by atoms with E-state index in [0.29, 0.717) is 13.2 Å². The molecular formula is C23H24ClN3O. The molecule has 0 atom stereocenters. The van der Waals surface area contributed by atoms with Gasteiger partial charge in [-0.15, -0.1) is 0 Å². The van der Waals surface area contributed by atoms with Gasteiger partial charge in [0.1, 0.15) is 29.9 Å². The minimum atomic E-state index is 0. The fourth-order valence-corrected chi connectivity index (χ4v) is 3.36. The predicted octanol–water partition coefficient (Wildman–Crippen LogP) is 0.951. The van der Waals surface area contributed by atoms with Crippen LogP contribution in [0.25, 0.3) is 11.0 Å². The molecule has 0 bridgehead atoms. The van der Waals surface area contributed by atoms with E-state index >= 15 is 0 Å². The molecule has 5 heteroatoms. The smallest absolute Gasteiger partial charge is 0.356 e. The number of rotatable bonds is 6. The lowest BCUT2D eigenvalue weighted by atomic mass is 10.1. The zero-order valence-corrected chi connectivity index (χ0v) is 16.6. The lowest BCUT2D eigenvalue weighted by Crippen LogP contribution is -3.00. The quantitative estimate of drug-likeness (QED) is 0.496. The summed E-state index contributed by atoms with van der Waals surface area (Å²) in [6, 6.07) is 26.8. The number of hydrogen-bond acceptors (Lipinski definition) is 2. The second-order valence-corrected chi connectivity index (χ2v) is 6.73. The van der Waals surface area contributed by atoms with Crippen molar-refractivity contribution < 1.29 is 21.7 Å². The summed E-state index contributed by atoms with van der Waals surface area (Å²) in [5, 5.41) is 0. The Morgan fingerprint density at radius 3 is 2.32 bits per heavy atom. The summed E-state index contributed by atoms with van der Waals surface area (Å²) in [5.74, 6) is 1.62. The predicted molar refractivity (Wildman–Crippen MR) is 109 cm³/mol. The lowest BCUT2D eigenvalue weighted by molar-refractivity contribution is -0.648. The largest absolute Gasteiger partial charge is 1.00 e. The van der Waals surface area contributed by atoms with Crippen LogP contribution in [0.15, 0.2) is 78.9 Å². The molecule has 4 rings (SSSR count). The summed E-state index contributed by atoms with van der Waals surface area (Å²) in [4.78, 5) is 0. The standard InChI is InChI=1S/C23H23N3O.ClH/c1-18-11-13-19(14-12-18)17-26-22-10-6-5-9-21(22)25(23(26)24)15-16-27-20-7-3-2-4-8-20;/h2-14,24H,15-17H2,1H3;1H. The fourth-order valence-electron chi connectivity index (χ4n) is 3.36. The summed E-state index contributed by atoms with van der Waals surface area (Å²) in [6.45, 7) is 4.11. The van der Waals surface area contributed by atoms with Crippen LogP contribution in [-0.4, -0.2) is 11.2 Å². The number of anilines is 1. The van der Waals surface area contributed by atoms with Gasteiger partial charge in [0.15, 0.2) is 0 Å². The summed E-state index contributed by atoms with van der Waals surface area (Å²) < 4.78 is 10.2. The van der Waals surface area contributed by atoms with Crippen LogP contribution in [0.1, 0.15) is 11.1 Å². The highest BCUT2D eigenvalue weighted by Gasteiger charge is 2.20. The highest BCUT2D eigenvalue weighted by molar-refractivity contribution is 5.73. The summed E-state index contributed by atoms with van der Waals surface area (Å²) in [6.07, 6.45) is 0. The van der Waals surface area contributed by atoms with Crippen LogP contribution < -0.4 is 27.4 Å². The number of nitrogens with two attached hydrogens (primary N) is 1. The van der Waals surface area contributed by atoms with Gasteiger partial charge >= 0.3 is 5.95 Å². The van der Waals surface area contributed by atoms with Gasteiger partial charge in [-0.1, -0.05) is 60.2 Å². The van der Waals surface area contributed by atoms with Crippen molar-refractivity contribution in [3.63, 3.8) is 0 Å². The third-order valence-electron chi connectivity index (χ3n) is 4.80. The molecule has 3 aromatic carbocycles. The zero-order chi connectivity index (χ0) is 18.6. The van der Waals surface area contributed by atoms with Crippen LogP contribution in [0.2, 0.25) is 0 Å². The Kier molecular flexibility index (Phi) is 6.22. The Morgan fingerprint density at radius 1 is 0.893 bits per heavy atom. The summed E-state index contributed by atoms with van der Waals surface area (Å²) >= 11 is 0. The molecule has 4 aromatic rings. The number of para-hydroxylation sites is 3. The number of hydrogen-bond donors (Lipinski definition) is 1. The molecule has 0 aliphatic heterocycles. The van der Waals surface area contributed by atoms with Crippen molar-refractivity contribution in [2.45, 2.75) is 20.0 Å². The molecule has 0 aliphatic rings. The van der Waals surface area contributed by atoms with E-state index in [9.17, 15) is 0 Å². The van der Waals surface area contributed by atoms with E-state index in [4.69, 9.17) is 10.5 Å². The lowest BCUT2D eigenvalue weighted by Gasteiger charge is -2.06. The van der Waals surface area contributed by atoms with Gasteiger partial charge in [-0.25, -0.2) is 9.13 Å². The molecule has 1 heterocycles. The molecule has 2 N–H and O–H groups in total. The molecule has 0 saturated carbocycles. The molecule has 28 heavy (non-hydrogen) atoms. The topological polar surface area (TPSA) is 44.1 Å². The van der Waals surface area contributed by atoms with Crippen LogP contribution >= 0.6 is 0 Å². The molecule has 0 fully saturated rings. The van der Waals surface area contributed by atoms with Crippen molar-refractivity contribution in [3.05, 3.63) is 90.0 Å². The van der Waals surface area contributed by atoms with E-state index < -0.39 is 0 Å². The van der Waals surface area contributed by atoms with E-state index in [1.54, 1.807) is 0 Å². The Hall–Kier alpha value is -2.98. The molecular weight excluding hydrogens is 370 g/mol. The van der Waals surface area contributed by atoms with Crippen LogP contribution in [0.4, 0.5) is 5.95 Å². The van der Waals surface area contributed by atoms with Gasteiger partial charge < -0.3 is 17.1 Å². The summed E-state index contributed by atoms with van der Waals surface area (Å²) in [7, 11) is 0. The maximum absolute atomic E-state index is 6.54. The number of nitrogens with zero attached hydrogens (tertiary/aromatic N) is 2. The molecule has 0 amide bonds. The van der Waals surface area contributed by atoms with Gasteiger partial charge in [-0.3, -0.25) is 5.73 Å². The van der Waals surface area contributed by atoms with Crippen molar-refractivity contribution in [1.29, 1.82) is 0 Å². The monoisotopic (exact) mass is 393 g/mol. The molecule has 0 saturated heterocycles. The Morgan fingerprint density at radius 2 is 1.57 bits per heavy atom. The SMILES string of the molecule is Cc1ccc(C[n+]2c(N)n(CCOc3ccccc3)c3ccccc32)cc1.[Cl-]. The normalized spacial score (nSPS) is 10.6. The highest BCUT2D eigenvalue weighted by Crippen LogP contribution is 2.17. The third kappa shape index (κ3) is 4.12. The molecule has 0 unspecified atom stereocenters. The molecule has 0 spiro atoms. The van der Waals surface area contributed by atoms with E-state index in [1.165, 1.54) is 11.1 Å². The number of nitrogen functional groups attached to an aromatic ring is 1. The van der Waals surface area contributed by atoms with Crippen LogP contribution in [-0.2, 0) is 13.1 Å². The van der Waals surface area contributed by atoms with Gasteiger partial charge in [0.05, 0.1) is 6.54 Å². The van der Waals surface area contributed by atoms with Gasteiger partial charge in [0.25, 0.3) is 0 Å². The molecule has 0 radical (unpaired) electrons. The van der Waals surface area contributed by atoms with Crippen molar-refractivity contribution in [3.8, 4) is 5.75 Å². The number of fused-ring (bicyclic) bond motifs is 1. The molecule has 0 aliphatic carbocycles. The Labute approximate surface area is 171 Å².